The lowest BCUT2D eigenvalue weighted by atomic mass is 9.92. The van der Waals surface area contributed by atoms with Gasteiger partial charge < -0.3 is 15.1 Å². The molecule has 0 radical (unpaired) electrons. The number of carboxylic acids is 1. The second-order valence-corrected chi connectivity index (χ2v) is 4.42. The highest BCUT2D eigenvalue weighted by molar-refractivity contribution is 5.72. The summed E-state index contributed by atoms with van der Waals surface area (Å²) in [5.74, 6) is -2.23. The number of rotatable bonds is 2. The van der Waals surface area contributed by atoms with Gasteiger partial charge in [0.2, 0.25) is 0 Å². The van der Waals surface area contributed by atoms with Crippen LogP contribution in [0.25, 0.3) is 0 Å². The average Bonchev–Trinajstić information content (AvgIpc) is 2.45. The zero-order chi connectivity index (χ0) is 12.7. The molecule has 2 atom stereocenters. The lowest BCUT2D eigenvalue weighted by Crippen LogP contribution is -2.28. The minimum atomic E-state index is -0.896. The van der Waals surface area contributed by atoms with Crippen molar-refractivity contribution in [1.29, 1.82) is 0 Å². The van der Waals surface area contributed by atoms with Crippen molar-refractivity contribution in [1.82, 2.24) is 0 Å². The van der Waals surface area contributed by atoms with Crippen molar-refractivity contribution >= 4 is 11.7 Å². The van der Waals surface area contributed by atoms with E-state index in [1.807, 2.05) is 11.8 Å². The number of hydrogen-bond donors (Lipinski definition) is 2. The van der Waals surface area contributed by atoms with E-state index in [9.17, 15) is 14.3 Å². The van der Waals surface area contributed by atoms with E-state index in [1.54, 1.807) is 7.05 Å². The molecule has 0 fully saturated rings. The number of phenols is 1. The summed E-state index contributed by atoms with van der Waals surface area (Å²) in [7, 11) is 1.79. The first-order valence-corrected chi connectivity index (χ1v) is 5.39. The van der Waals surface area contributed by atoms with Crippen LogP contribution in [0.5, 0.6) is 5.75 Å². The van der Waals surface area contributed by atoms with Gasteiger partial charge in [0, 0.05) is 30.8 Å². The average molecular weight is 239 g/mol. The third kappa shape index (κ3) is 1.81. The van der Waals surface area contributed by atoms with Crippen molar-refractivity contribution < 1.29 is 19.4 Å². The molecule has 1 aliphatic rings. The molecule has 1 aromatic rings. The van der Waals surface area contributed by atoms with Crippen LogP contribution in [0.4, 0.5) is 10.1 Å². The number of aliphatic carboxylic acids is 1. The minimum Gasteiger partial charge on any atom is -0.505 e. The predicted molar refractivity (Wildman–Crippen MR) is 60.9 cm³/mol. The van der Waals surface area contributed by atoms with Crippen LogP contribution in [0.2, 0.25) is 0 Å². The van der Waals surface area contributed by atoms with Crippen LogP contribution in [-0.4, -0.2) is 29.3 Å². The molecule has 1 aromatic carbocycles. The molecule has 0 saturated carbocycles. The highest BCUT2D eigenvalue weighted by Crippen LogP contribution is 2.44. The summed E-state index contributed by atoms with van der Waals surface area (Å²) in [4.78, 5) is 12.7. The monoisotopic (exact) mass is 239 g/mol. The highest BCUT2D eigenvalue weighted by atomic mass is 19.1. The van der Waals surface area contributed by atoms with Crippen LogP contribution in [0.3, 0.4) is 0 Å². The van der Waals surface area contributed by atoms with Gasteiger partial charge in [0.1, 0.15) is 0 Å². The van der Waals surface area contributed by atoms with Crippen LogP contribution in [0.15, 0.2) is 12.1 Å². The first-order chi connectivity index (χ1) is 7.91. The van der Waals surface area contributed by atoms with E-state index in [-0.39, 0.29) is 18.4 Å². The molecule has 2 N–H and O–H groups in total. The van der Waals surface area contributed by atoms with E-state index < -0.39 is 17.5 Å². The molecule has 0 saturated heterocycles. The van der Waals surface area contributed by atoms with Crippen molar-refractivity contribution in [2.24, 2.45) is 0 Å². The van der Waals surface area contributed by atoms with Gasteiger partial charge in [-0.2, -0.15) is 0 Å². The van der Waals surface area contributed by atoms with E-state index in [0.29, 0.717) is 11.3 Å². The minimum absolute atomic E-state index is 0.0242. The summed E-state index contributed by atoms with van der Waals surface area (Å²) in [6.45, 7) is 1.89. The summed E-state index contributed by atoms with van der Waals surface area (Å²) >= 11 is 0. The molecule has 92 valence electrons. The third-order valence-corrected chi connectivity index (χ3v) is 3.46. The zero-order valence-corrected chi connectivity index (χ0v) is 9.64. The molecule has 1 heterocycles. The van der Waals surface area contributed by atoms with E-state index in [2.05, 4.69) is 0 Å². The Hall–Kier alpha value is -1.78. The van der Waals surface area contributed by atoms with Crippen molar-refractivity contribution in [3.05, 3.63) is 23.5 Å². The molecular formula is C12H14FNO3. The zero-order valence-electron chi connectivity index (χ0n) is 9.64. The fourth-order valence-corrected chi connectivity index (χ4v) is 2.39. The maximum atomic E-state index is 13.3. The number of anilines is 1. The number of likely N-dealkylation sites (N-methyl/N-ethyl adjacent to an activating group) is 1. The second kappa shape index (κ2) is 3.91. The van der Waals surface area contributed by atoms with Gasteiger partial charge in [-0.25, -0.2) is 4.39 Å². The SMILES string of the molecule is CC1C(CC(=O)O)c2cc(O)c(F)cc2N1C. The summed E-state index contributed by atoms with van der Waals surface area (Å²) in [6, 6.07) is 2.56. The van der Waals surface area contributed by atoms with Crippen molar-refractivity contribution in [3.63, 3.8) is 0 Å². The van der Waals surface area contributed by atoms with E-state index >= 15 is 0 Å². The molecule has 5 heteroatoms. The molecule has 1 aliphatic heterocycles. The Morgan fingerprint density at radius 2 is 2.18 bits per heavy atom. The van der Waals surface area contributed by atoms with Crippen LogP contribution in [0.1, 0.15) is 24.8 Å². The Kier molecular flexibility index (Phi) is 2.69. The van der Waals surface area contributed by atoms with Crippen LogP contribution >= 0.6 is 0 Å². The van der Waals surface area contributed by atoms with Gasteiger partial charge in [0.15, 0.2) is 11.6 Å². The predicted octanol–water partition coefficient (Wildman–Crippen LogP) is 1.93. The summed E-state index contributed by atoms with van der Waals surface area (Å²) in [5.41, 5.74) is 1.35. The van der Waals surface area contributed by atoms with Crippen LogP contribution in [0, 0.1) is 5.82 Å². The van der Waals surface area contributed by atoms with Gasteiger partial charge in [-0.1, -0.05) is 0 Å². The van der Waals surface area contributed by atoms with Gasteiger partial charge in [0.05, 0.1) is 6.42 Å². The van der Waals surface area contributed by atoms with Gasteiger partial charge in [-0.15, -0.1) is 0 Å². The standard InChI is InChI=1S/C12H14FNO3/c1-6-7(4-12(16)17)8-3-11(15)9(13)5-10(8)14(6)2/h3,5-7,15H,4H2,1-2H3,(H,16,17). The van der Waals surface area contributed by atoms with Crippen molar-refractivity contribution in [3.8, 4) is 5.75 Å². The number of phenolic OH excluding ortho intramolecular Hbond substituents is 1. The molecule has 0 amide bonds. The number of fused-ring (bicyclic) bond motifs is 1. The largest absolute Gasteiger partial charge is 0.505 e. The first kappa shape index (κ1) is 11.7. The summed E-state index contributed by atoms with van der Waals surface area (Å²) in [6.07, 6.45) is -0.0242. The van der Waals surface area contributed by atoms with Gasteiger partial charge in [-0.05, 0) is 18.6 Å². The fourth-order valence-electron chi connectivity index (χ4n) is 2.39. The maximum Gasteiger partial charge on any atom is 0.304 e. The van der Waals surface area contributed by atoms with E-state index in [0.717, 1.165) is 0 Å². The molecule has 2 rings (SSSR count). The number of carboxylic acid groups (broad SMARTS) is 1. The lowest BCUT2D eigenvalue weighted by molar-refractivity contribution is -0.137. The highest BCUT2D eigenvalue weighted by Gasteiger charge is 2.35. The third-order valence-electron chi connectivity index (χ3n) is 3.46. The molecule has 17 heavy (non-hydrogen) atoms. The van der Waals surface area contributed by atoms with Gasteiger partial charge in [-0.3, -0.25) is 4.79 Å². The molecule has 4 nitrogen and oxygen atoms in total. The number of hydrogen-bond acceptors (Lipinski definition) is 3. The van der Waals surface area contributed by atoms with Crippen molar-refractivity contribution in [2.75, 3.05) is 11.9 Å². The smallest absolute Gasteiger partial charge is 0.304 e. The maximum absolute atomic E-state index is 13.3. The van der Waals surface area contributed by atoms with Gasteiger partial charge >= 0.3 is 5.97 Å². The topological polar surface area (TPSA) is 60.8 Å². The Morgan fingerprint density at radius 3 is 2.76 bits per heavy atom. The van der Waals surface area contributed by atoms with Crippen LogP contribution < -0.4 is 4.90 Å². The summed E-state index contributed by atoms with van der Waals surface area (Å²) < 4.78 is 13.3. The molecule has 0 aliphatic carbocycles. The van der Waals surface area contributed by atoms with Crippen molar-refractivity contribution in [2.45, 2.75) is 25.3 Å². The lowest BCUT2D eigenvalue weighted by Gasteiger charge is -2.21. The Balaban J connectivity index is 2.48. The number of aromatic hydroxyl groups is 1. The molecular weight excluding hydrogens is 225 g/mol. The number of carbonyl (C=O) groups is 1. The first-order valence-electron chi connectivity index (χ1n) is 5.39. The normalized spacial score (nSPS) is 22.6. The van der Waals surface area contributed by atoms with Crippen LogP contribution in [-0.2, 0) is 4.79 Å². The Morgan fingerprint density at radius 1 is 1.53 bits per heavy atom. The van der Waals surface area contributed by atoms with Gasteiger partial charge in [0.25, 0.3) is 0 Å². The van der Waals surface area contributed by atoms with E-state index in [1.165, 1.54) is 12.1 Å². The second-order valence-electron chi connectivity index (χ2n) is 4.42. The number of nitrogens with zero attached hydrogens (tertiary/aromatic N) is 1. The van der Waals surface area contributed by atoms with E-state index in [4.69, 9.17) is 5.11 Å². The molecule has 0 spiro atoms. The molecule has 0 bridgehead atoms. The molecule has 0 aromatic heterocycles. The Bertz CT molecular complexity index is 475. The fraction of sp³-hybridized carbons (Fsp3) is 0.417. The molecule has 2 unspecified atom stereocenters. The summed E-state index contributed by atoms with van der Waals surface area (Å²) in [5, 5.41) is 18.2. The number of benzene rings is 1. The Labute approximate surface area is 98.3 Å². The number of halogens is 1. The quantitative estimate of drug-likeness (QED) is 0.827.